The molecule has 0 unspecified atom stereocenters. The van der Waals surface area contributed by atoms with Crippen LogP contribution in [0.4, 0.5) is 5.69 Å². The van der Waals surface area contributed by atoms with Crippen LogP contribution < -0.4 is 10.7 Å². The predicted molar refractivity (Wildman–Crippen MR) is 98.9 cm³/mol. The van der Waals surface area contributed by atoms with Crippen LogP contribution in [0.15, 0.2) is 48.5 Å². The quantitative estimate of drug-likeness (QED) is 0.620. The summed E-state index contributed by atoms with van der Waals surface area (Å²) in [6.07, 6.45) is 0. The summed E-state index contributed by atoms with van der Waals surface area (Å²) in [6.45, 7) is 1.40. The van der Waals surface area contributed by atoms with Crippen LogP contribution in [0.3, 0.4) is 0 Å². The van der Waals surface area contributed by atoms with Crippen molar-refractivity contribution in [3.8, 4) is 0 Å². The molecule has 0 aromatic heterocycles. The van der Waals surface area contributed by atoms with Gasteiger partial charge < -0.3 is 5.32 Å². The van der Waals surface area contributed by atoms with Crippen LogP contribution in [-0.4, -0.2) is 28.1 Å². The molecular weight excluding hydrogens is 377 g/mol. The van der Waals surface area contributed by atoms with Crippen molar-refractivity contribution in [3.63, 3.8) is 0 Å². The summed E-state index contributed by atoms with van der Waals surface area (Å²) in [6, 6.07) is 12.8. The van der Waals surface area contributed by atoms with Gasteiger partial charge in [-0.05, 0) is 42.0 Å². The Morgan fingerprint density at radius 2 is 1.65 bits per heavy atom. The molecule has 134 valence electrons. The molecule has 6 nitrogen and oxygen atoms in total. The summed E-state index contributed by atoms with van der Waals surface area (Å²) >= 11 is 12.0. The van der Waals surface area contributed by atoms with Gasteiger partial charge in [0.25, 0.3) is 11.8 Å². The number of nitrogens with zero attached hydrogens (tertiary/aromatic N) is 1. The van der Waals surface area contributed by atoms with Gasteiger partial charge in [-0.3, -0.25) is 19.8 Å². The van der Waals surface area contributed by atoms with Gasteiger partial charge in [0.2, 0.25) is 5.91 Å². The first-order chi connectivity index (χ1) is 12.4. The molecule has 1 heterocycles. The fourth-order valence-electron chi connectivity index (χ4n) is 2.64. The van der Waals surface area contributed by atoms with Crippen molar-refractivity contribution in [2.45, 2.75) is 18.3 Å². The van der Waals surface area contributed by atoms with Gasteiger partial charge in [-0.15, -0.1) is 11.6 Å². The van der Waals surface area contributed by atoms with Gasteiger partial charge in [-0.25, -0.2) is 5.01 Å². The van der Waals surface area contributed by atoms with E-state index in [0.717, 1.165) is 5.56 Å². The molecule has 0 bridgehead atoms. The molecule has 26 heavy (non-hydrogen) atoms. The van der Waals surface area contributed by atoms with Gasteiger partial charge >= 0.3 is 0 Å². The molecule has 0 spiro atoms. The number of benzene rings is 2. The number of carbonyl (C=O) groups is 3. The van der Waals surface area contributed by atoms with Gasteiger partial charge in [0.15, 0.2) is 0 Å². The lowest BCUT2D eigenvalue weighted by Crippen LogP contribution is -2.63. The van der Waals surface area contributed by atoms with E-state index < -0.39 is 17.3 Å². The Bertz CT molecular complexity index is 853. The molecular formula is C18H15Cl2N3O3. The first kappa shape index (κ1) is 18.2. The number of hydrogen-bond acceptors (Lipinski definition) is 3. The highest BCUT2D eigenvalue weighted by Gasteiger charge is 2.48. The lowest BCUT2D eigenvalue weighted by atomic mass is 9.95. The molecule has 2 N–H and O–H groups in total. The molecule has 1 aliphatic rings. The second-order valence-electron chi connectivity index (χ2n) is 5.81. The third kappa shape index (κ3) is 3.66. The minimum atomic E-state index is -0.751. The van der Waals surface area contributed by atoms with Gasteiger partial charge in [0.1, 0.15) is 11.4 Å². The topological polar surface area (TPSA) is 78.5 Å². The van der Waals surface area contributed by atoms with Crippen LogP contribution in [-0.2, 0) is 9.59 Å². The molecule has 8 heteroatoms. The number of hydrogen-bond donors (Lipinski definition) is 2. The molecule has 1 fully saturated rings. The van der Waals surface area contributed by atoms with E-state index in [1.807, 2.05) is 0 Å². The number of carbonyl (C=O) groups excluding carboxylic acids is 3. The third-order valence-corrected chi connectivity index (χ3v) is 4.61. The summed E-state index contributed by atoms with van der Waals surface area (Å²) < 4.78 is 0. The second kappa shape index (κ2) is 7.35. The monoisotopic (exact) mass is 391 g/mol. The summed E-state index contributed by atoms with van der Waals surface area (Å²) in [5.74, 6) is -1.03. The Labute approximate surface area is 160 Å². The first-order valence-electron chi connectivity index (χ1n) is 7.78. The zero-order valence-electron chi connectivity index (χ0n) is 13.7. The average Bonchev–Trinajstić information content (AvgIpc) is 2.62. The van der Waals surface area contributed by atoms with Crippen molar-refractivity contribution < 1.29 is 14.4 Å². The van der Waals surface area contributed by atoms with Crippen LogP contribution in [0, 0.1) is 0 Å². The fourth-order valence-corrected chi connectivity index (χ4v) is 3.13. The summed E-state index contributed by atoms with van der Waals surface area (Å²) in [5, 5.41) is 3.65. The zero-order chi connectivity index (χ0) is 18.8. The van der Waals surface area contributed by atoms with E-state index in [1.165, 1.54) is 11.9 Å². The molecule has 2 aromatic carbocycles. The summed E-state index contributed by atoms with van der Waals surface area (Å²) in [4.78, 5) is 35.5. The average molecular weight is 392 g/mol. The Hall–Kier alpha value is -2.57. The van der Waals surface area contributed by atoms with Crippen LogP contribution in [0.1, 0.15) is 28.9 Å². The molecule has 3 amide bonds. The number of rotatable bonds is 4. The van der Waals surface area contributed by atoms with Crippen molar-refractivity contribution in [1.82, 2.24) is 10.4 Å². The molecule has 1 aliphatic heterocycles. The zero-order valence-corrected chi connectivity index (χ0v) is 15.2. The maximum Gasteiger partial charge on any atom is 0.269 e. The minimum absolute atomic E-state index is 0.202. The van der Waals surface area contributed by atoms with Crippen LogP contribution in [0.5, 0.6) is 0 Å². The van der Waals surface area contributed by atoms with E-state index in [-0.39, 0.29) is 11.8 Å². The van der Waals surface area contributed by atoms with Crippen molar-refractivity contribution in [2.24, 2.45) is 0 Å². The van der Waals surface area contributed by atoms with E-state index in [1.54, 1.807) is 48.5 Å². The van der Waals surface area contributed by atoms with E-state index in [4.69, 9.17) is 23.2 Å². The van der Waals surface area contributed by atoms with Crippen LogP contribution in [0.25, 0.3) is 0 Å². The lowest BCUT2D eigenvalue weighted by molar-refractivity contribution is -0.149. The number of alkyl halides is 1. The van der Waals surface area contributed by atoms with E-state index in [0.29, 0.717) is 16.3 Å². The highest BCUT2D eigenvalue weighted by Crippen LogP contribution is 2.37. The van der Waals surface area contributed by atoms with Crippen molar-refractivity contribution in [3.05, 3.63) is 64.7 Å². The highest BCUT2D eigenvalue weighted by molar-refractivity contribution is 6.33. The number of halogens is 2. The van der Waals surface area contributed by atoms with E-state index in [2.05, 4.69) is 10.7 Å². The second-order valence-corrected chi connectivity index (χ2v) is 6.71. The number of amides is 3. The van der Waals surface area contributed by atoms with Gasteiger partial charge in [0.05, 0.1) is 0 Å². The Balaban J connectivity index is 1.72. The molecule has 1 saturated heterocycles. The SMILES string of the molecule is CC(=O)Nc1ccc(C(=O)NN2C(=O)[C@@H](Cl)[C@@H]2c2ccc(Cl)cc2)cc1. The maximum absolute atomic E-state index is 12.4. The molecule has 0 radical (unpaired) electrons. The lowest BCUT2D eigenvalue weighted by Gasteiger charge is -2.43. The van der Waals surface area contributed by atoms with Gasteiger partial charge in [-0.2, -0.15) is 0 Å². The van der Waals surface area contributed by atoms with Crippen molar-refractivity contribution >= 4 is 46.6 Å². The maximum atomic E-state index is 12.4. The number of anilines is 1. The largest absolute Gasteiger partial charge is 0.326 e. The smallest absolute Gasteiger partial charge is 0.269 e. The van der Waals surface area contributed by atoms with Gasteiger partial charge in [0, 0.05) is 23.2 Å². The number of hydrazine groups is 1. The summed E-state index contributed by atoms with van der Waals surface area (Å²) in [7, 11) is 0. The third-order valence-electron chi connectivity index (χ3n) is 3.93. The molecule has 3 rings (SSSR count). The van der Waals surface area contributed by atoms with E-state index >= 15 is 0 Å². The summed E-state index contributed by atoms with van der Waals surface area (Å²) in [5.41, 5.74) is 4.27. The van der Waals surface area contributed by atoms with Crippen molar-refractivity contribution in [1.29, 1.82) is 0 Å². The predicted octanol–water partition coefficient (Wildman–Crippen LogP) is 3.13. The van der Waals surface area contributed by atoms with E-state index in [9.17, 15) is 14.4 Å². The van der Waals surface area contributed by atoms with Crippen molar-refractivity contribution in [2.75, 3.05) is 5.32 Å². The van der Waals surface area contributed by atoms with Gasteiger partial charge in [-0.1, -0.05) is 23.7 Å². The van der Waals surface area contributed by atoms with Crippen LogP contribution >= 0.6 is 23.2 Å². The molecule has 0 aliphatic carbocycles. The Kier molecular flexibility index (Phi) is 5.15. The molecule has 0 saturated carbocycles. The minimum Gasteiger partial charge on any atom is -0.326 e. The number of β-lactam (4-membered cyclic amide) rings is 1. The fraction of sp³-hybridized carbons (Fsp3) is 0.167. The standard InChI is InChI=1S/C18H15Cl2N3O3/c1-10(24)21-14-8-4-12(5-9-14)17(25)22-23-16(15(20)18(23)26)11-2-6-13(19)7-3-11/h2-9,15-16H,1H3,(H,21,24)(H,22,25)/t15-,16-/m0/s1. The Morgan fingerprint density at radius 3 is 2.23 bits per heavy atom. The van der Waals surface area contributed by atoms with Crippen LogP contribution in [0.2, 0.25) is 5.02 Å². The Morgan fingerprint density at radius 1 is 1.04 bits per heavy atom. The molecule has 2 atom stereocenters. The number of nitrogens with one attached hydrogen (secondary N) is 2. The highest BCUT2D eigenvalue weighted by atomic mass is 35.5. The molecule has 2 aromatic rings. The first-order valence-corrected chi connectivity index (χ1v) is 8.59. The normalized spacial score (nSPS) is 18.9.